The number of rotatable bonds is 2. The van der Waals surface area contributed by atoms with Gasteiger partial charge in [0.15, 0.2) is 0 Å². The number of nitrogens with zero attached hydrogens (tertiary/aromatic N) is 2. The molecule has 3 nitrogen and oxygen atoms in total. The van der Waals surface area contributed by atoms with Gasteiger partial charge in [0.1, 0.15) is 5.69 Å². The van der Waals surface area contributed by atoms with Crippen molar-refractivity contribution < 1.29 is 0 Å². The Hall–Kier alpha value is -1.29. The number of anilines is 1. The number of aromatic nitrogens is 2. The quantitative estimate of drug-likeness (QED) is 0.915. The van der Waals surface area contributed by atoms with E-state index in [1.807, 2.05) is 35.1 Å². The molecule has 0 saturated heterocycles. The summed E-state index contributed by atoms with van der Waals surface area (Å²) >= 11 is 3.51. The monoisotopic (exact) mass is 279 g/mol. The molecule has 1 aromatic carbocycles. The van der Waals surface area contributed by atoms with E-state index in [0.717, 1.165) is 15.7 Å². The fraction of sp³-hybridized carbons (Fsp3) is 0.250. The lowest BCUT2D eigenvalue weighted by atomic mass is 10.1. The van der Waals surface area contributed by atoms with Crippen molar-refractivity contribution in [1.29, 1.82) is 0 Å². The van der Waals surface area contributed by atoms with Crippen LogP contribution in [0.5, 0.6) is 0 Å². The molecular weight excluding hydrogens is 266 g/mol. The zero-order chi connectivity index (χ0) is 11.7. The van der Waals surface area contributed by atoms with Crippen LogP contribution in [0.4, 0.5) is 5.69 Å². The number of halogens is 1. The van der Waals surface area contributed by atoms with Gasteiger partial charge in [-0.3, -0.25) is 4.68 Å². The Morgan fingerprint density at radius 1 is 1.31 bits per heavy atom. The van der Waals surface area contributed by atoms with E-state index in [4.69, 9.17) is 5.73 Å². The van der Waals surface area contributed by atoms with E-state index in [2.05, 4.69) is 34.9 Å². The third kappa shape index (κ3) is 1.97. The number of nitrogens with two attached hydrogens (primary N) is 1. The summed E-state index contributed by atoms with van der Waals surface area (Å²) in [4.78, 5) is 0. The Morgan fingerprint density at radius 2 is 2.00 bits per heavy atom. The third-order valence-electron chi connectivity index (χ3n) is 2.42. The van der Waals surface area contributed by atoms with Crippen LogP contribution in [0.2, 0.25) is 0 Å². The van der Waals surface area contributed by atoms with E-state index in [9.17, 15) is 0 Å². The highest BCUT2D eigenvalue weighted by molar-refractivity contribution is 9.10. The molecule has 1 aromatic heterocycles. The van der Waals surface area contributed by atoms with Crippen molar-refractivity contribution in [3.05, 3.63) is 34.9 Å². The van der Waals surface area contributed by atoms with Crippen molar-refractivity contribution in [2.45, 2.75) is 19.9 Å². The molecule has 0 amide bonds. The maximum Gasteiger partial charge on any atom is 0.116 e. The van der Waals surface area contributed by atoms with Crippen LogP contribution >= 0.6 is 15.9 Å². The topological polar surface area (TPSA) is 43.8 Å². The van der Waals surface area contributed by atoms with Gasteiger partial charge in [-0.25, -0.2) is 0 Å². The summed E-state index contributed by atoms with van der Waals surface area (Å²) in [7, 11) is 0. The van der Waals surface area contributed by atoms with Crippen LogP contribution in [-0.2, 0) is 0 Å². The maximum atomic E-state index is 5.98. The number of benzene rings is 1. The Labute approximate surface area is 103 Å². The molecular formula is C12H14BrN3. The van der Waals surface area contributed by atoms with Gasteiger partial charge in [0.25, 0.3) is 0 Å². The molecule has 0 unspecified atom stereocenters. The summed E-state index contributed by atoms with van der Waals surface area (Å²) in [5.41, 5.74) is 8.55. The second-order valence-corrected chi connectivity index (χ2v) is 4.84. The molecule has 0 aliphatic rings. The zero-order valence-electron chi connectivity index (χ0n) is 9.31. The third-order valence-corrected chi connectivity index (χ3v) is 3.11. The summed E-state index contributed by atoms with van der Waals surface area (Å²) in [6.45, 7) is 4.16. The SMILES string of the molecule is CC(C)n1cc(N)c(-c2ccccc2Br)n1. The van der Waals surface area contributed by atoms with Crippen LogP contribution in [0.15, 0.2) is 34.9 Å². The summed E-state index contributed by atoms with van der Waals surface area (Å²) < 4.78 is 2.89. The van der Waals surface area contributed by atoms with Crippen LogP contribution in [0.25, 0.3) is 11.3 Å². The normalized spacial score (nSPS) is 11.0. The van der Waals surface area contributed by atoms with Crippen LogP contribution in [0.1, 0.15) is 19.9 Å². The van der Waals surface area contributed by atoms with Crippen LogP contribution in [0.3, 0.4) is 0 Å². The van der Waals surface area contributed by atoms with Crippen molar-refractivity contribution in [2.24, 2.45) is 0 Å². The number of nitrogen functional groups attached to an aromatic ring is 1. The summed E-state index contributed by atoms with van der Waals surface area (Å²) in [6, 6.07) is 8.27. The van der Waals surface area contributed by atoms with Crippen molar-refractivity contribution >= 4 is 21.6 Å². The predicted octanol–water partition coefficient (Wildman–Crippen LogP) is 3.48. The zero-order valence-corrected chi connectivity index (χ0v) is 10.9. The van der Waals surface area contributed by atoms with Gasteiger partial charge in [0, 0.05) is 22.3 Å². The summed E-state index contributed by atoms with van der Waals surface area (Å²) in [5.74, 6) is 0. The molecule has 0 bridgehead atoms. The molecule has 16 heavy (non-hydrogen) atoms. The first-order valence-electron chi connectivity index (χ1n) is 5.19. The predicted molar refractivity (Wildman–Crippen MR) is 70.2 cm³/mol. The van der Waals surface area contributed by atoms with E-state index < -0.39 is 0 Å². The molecule has 0 spiro atoms. The van der Waals surface area contributed by atoms with Gasteiger partial charge in [-0.1, -0.05) is 34.1 Å². The Balaban J connectivity index is 2.52. The minimum atomic E-state index is 0.318. The summed E-state index contributed by atoms with van der Waals surface area (Å²) in [6.07, 6.45) is 1.87. The molecule has 1 heterocycles. The molecule has 2 rings (SSSR count). The number of hydrogen-bond donors (Lipinski definition) is 1. The molecule has 2 aromatic rings. The minimum Gasteiger partial charge on any atom is -0.396 e. The number of hydrogen-bond acceptors (Lipinski definition) is 2. The fourth-order valence-electron chi connectivity index (χ4n) is 1.53. The lowest BCUT2D eigenvalue weighted by molar-refractivity contribution is 0.534. The molecule has 84 valence electrons. The minimum absolute atomic E-state index is 0.318. The fourth-order valence-corrected chi connectivity index (χ4v) is 2.01. The average Bonchev–Trinajstić information content (AvgIpc) is 2.61. The van der Waals surface area contributed by atoms with Gasteiger partial charge < -0.3 is 5.73 Å². The van der Waals surface area contributed by atoms with Crippen molar-refractivity contribution in [1.82, 2.24) is 9.78 Å². The van der Waals surface area contributed by atoms with Crippen LogP contribution in [0, 0.1) is 0 Å². The standard InChI is InChI=1S/C12H14BrN3/c1-8(2)16-7-11(14)12(15-16)9-5-3-4-6-10(9)13/h3-8H,14H2,1-2H3. The molecule has 0 aliphatic carbocycles. The molecule has 0 atom stereocenters. The van der Waals surface area contributed by atoms with Crippen LogP contribution < -0.4 is 5.73 Å². The van der Waals surface area contributed by atoms with Gasteiger partial charge >= 0.3 is 0 Å². The Bertz CT molecular complexity index is 503. The molecule has 2 N–H and O–H groups in total. The Kier molecular flexibility index (Phi) is 3.01. The maximum absolute atomic E-state index is 5.98. The van der Waals surface area contributed by atoms with E-state index in [1.165, 1.54) is 0 Å². The van der Waals surface area contributed by atoms with E-state index >= 15 is 0 Å². The first-order valence-corrected chi connectivity index (χ1v) is 5.98. The highest BCUT2D eigenvalue weighted by atomic mass is 79.9. The molecule has 0 saturated carbocycles. The Morgan fingerprint density at radius 3 is 2.56 bits per heavy atom. The second-order valence-electron chi connectivity index (χ2n) is 3.99. The van der Waals surface area contributed by atoms with Crippen molar-refractivity contribution in [2.75, 3.05) is 5.73 Å². The van der Waals surface area contributed by atoms with E-state index in [1.54, 1.807) is 0 Å². The van der Waals surface area contributed by atoms with Gasteiger partial charge in [-0.15, -0.1) is 0 Å². The first kappa shape index (κ1) is 11.2. The lowest BCUT2D eigenvalue weighted by Gasteiger charge is -2.04. The molecule has 0 radical (unpaired) electrons. The molecule has 4 heteroatoms. The van der Waals surface area contributed by atoms with Crippen LogP contribution in [-0.4, -0.2) is 9.78 Å². The summed E-state index contributed by atoms with van der Waals surface area (Å²) in [5, 5.41) is 4.50. The van der Waals surface area contributed by atoms with Crippen molar-refractivity contribution in [3.8, 4) is 11.3 Å². The smallest absolute Gasteiger partial charge is 0.116 e. The second kappa shape index (κ2) is 4.29. The van der Waals surface area contributed by atoms with Gasteiger partial charge in [0.2, 0.25) is 0 Å². The van der Waals surface area contributed by atoms with E-state index in [-0.39, 0.29) is 0 Å². The first-order chi connectivity index (χ1) is 7.59. The average molecular weight is 280 g/mol. The van der Waals surface area contributed by atoms with E-state index in [0.29, 0.717) is 11.7 Å². The van der Waals surface area contributed by atoms with Crippen molar-refractivity contribution in [3.63, 3.8) is 0 Å². The molecule has 0 aliphatic heterocycles. The molecule has 0 fully saturated rings. The lowest BCUT2D eigenvalue weighted by Crippen LogP contribution is -2.00. The highest BCUT2D eigenvalue weighted by Crippen LogP contribution is 2.31. The van der Waals surface area contributed by atoms with Gasteiger partial charge in [-0.05, 0) is 19.9 Å². The highest BCUT2D eigenvalue weighted by Gasteiger charge is 2.12. The largest absolute Gasteiger partial charge is 0.396 e. The van der Waals surface area contributed by atoms with Gasteiger partial charge in [-0.2, -0.15) is 5.10 Å². The van der Waals surface area contributed by atoms with Gasteiger partial charge in [0.05, 0.1) is 5.69 Å².